The van der Waals surface area contributed by atoms with Crippen molar-refractivity contribution in [2.45, 2.75) is 45.3 Å². The summed E-state index contributed by atoms with van der Waals surface area (Å²) in [7, 11) is -2.74. The van der Waals surface area contributed by atoms with E-state index in [2.05, 4.69) is 20.3 Å². The van der Waals surface area contributed by atoms with E-state index >= 15 is 0 Å². The molecule has 2 aromatic heterocycles. The Labute approximate surface area is 184 Å². The number of aryl methyl sites for hydroxylation is 1. The zero-order valence-electron chi connectivity index (χ0n) is 18.5. The molecule has 3 rings (SSSR count). The number of alkyl halides is 2. The Balaban J connectivity index is 2.07. The van der Waals surface area contributed by atoms with Crippen molar-refractivity contribution in [3.63, 3.8) is 0 Å². The molecule has 10 heteroatoms. The van der Waals surface area contributed by atoms with Gasteiger partial charge in [-0.25, -0.2) is 14.4 Å². The van der Waals surface area contributed by atoms with Crippen LogP contribution in [-0.4, -0.2) is 39.0 Å². The van der Waals surface area contributed by atoms with Gasteiger partial charge in [0.2, 0.25) is 0 Å². The van der Waals surface area contributed by atoms with Crippen molar-refractivity contribution in [3.05, 3.63) is 53.2 Å². The largest absolute Gasteiger partial charge is 0.390 e. The molecule has 0 fully saturated rings. The number of aliphatic hydroxyl groups is 1. The maximum Gasteiger partial charge on any atom is 0.298 e. The third-order valence-corrected chi connectivity index (χ3v) is 8.69. The molecule has 0 radical (unpaired) electrons. The van der Waals surface area contributed by atoms with Gasteiger partial charge >= 0.3 is 0 Å². The molecule has 0 saturated carbocycles. The highest BCUT2D eigenvalue weighted by molar-refractivity contribution is 7.71. The first kappa shape index (κ1) is 24.1. The standard InChI is InChI=1S/C22H26F3N4O2P/c1-12(2)32(5,31)19-9-16-18(10-26-19)28-14(4)29-21(16)27-13(3)15-7-6-8-17(20(15)23)22(24,25)11-30/h6-10,12-13,30H,11H2,1-5H3,(H,27,28,29). The molecule has 0 spiro atoms. The average molecular weight is 466 g/mol. The maximum absolute atomic E-state index is 14.9. The van der Waals surface area contributed by atoms with E-state index in [0.717, 1.165) is 6.07 Å². The van der Waals surface area contributed by atoms with Crippen LogP contribution in [0.1, 0.15) is 43.8 Å². The van der Waals surface area contributed by atoms with E-state index in [4.69, 9.17) is 5.11 Å². The lowest BCUT2D eigenvalue weighted by atomic mass is 10.00. The van der Waals surface area contributed by atoms with Crippen LogP contribution in [0.4, 0.5) is 19.0 Å². The molecule has 172 valence electrons. The van der Waals surface area contributed by atoms with E-state index in [9.17, 15) is 17.7 Å². The van der Waals surface area contributed by atoms with Crippen LogP contribution in [-0.2, 0) is 10.5 Å². The third kappa shape index (κ3) is 4.50. The number of fused-ring (bicyclic) bond motifs is 1. The summed E-state index contributed by atoms with van der Waals surface area (Å²) in [6.07, 6.45) is 1.52. The van der Waals surface area contributed by atoms with Gasteiger partial charge in [0.05, 0.1) is 23.3 Å². The molecule has 0 amide bonds. The van der Waals surface area contributed by atoms with Crippen molar-refractivity contribution in [3.8, 4) is 0 Å². The van der Waals surface area contributed by atoms with Gasteiger partial charge < -0.3 is 15.0 Å². The number of pyridine rings is 1. The van der Waals surface area contributed by atoms with E-state index in [0.29, 0.717) is 28.0 Å². The molecule has 2 N–H and O–H groups in total. The van der Waals surface area contributed by atoms with Crippen molar-refractivity contribution in [2.75, 3.05) is 18.6 Å². The summed E-state index contributed by atoms with van der Waals surface area (Å²) in [5, 5.41) is 12.6. The Morgan fingerprint density at radius 3 is 2.53 bits per heavy atom. The molecule has 2 unspecified atom stereocenters. The van der Waals surface area contributed by atoms with Crippen molar-refractivity contribution in [1.29, 1.82) is 0 Å². The second-order valence-electron chi connectivity index (χ2n) is 8.20. The second kappa shape index (κ2) is 8.79. The summed E-state index contributed by atoms with van der Waals surface area (Å²) >= 11 is 0. The normalized spacial score (nSPS) is 15.1. The van der Waals surface area contributed by atoms with Crippen LogP contribution >= 0.6 is 7.14 Å². The molecular weight excluding hydrogens is 440 g/mol. The molecule has 0 aliphatic heterocycles. The Bertz CT molecular complexity index is 1200. The maximum atomic E-state index is 14.9. The smallest absolute Gasteiger partial charge is 0.298 e. The molecular formula is C22H26F3N4O2P. The highest BCUT2D eigenvalue weighted by Crippen LogP contribution is 2.45. The van der Waals surface area contributed by atoms with Gasteiger partial charge in [-0.05, 0) is 32.6 Å². The van der Waals surface area contributed by atoms with Gasteiger partial charge in [0.25, 0.3) is 5.92 Å². The number of aromatic nitrogens is 3. The first-order valence-electron chi connectivity index (χ1n) is 10.1. The minimum absolute atomic E-state index is 0.00216. The van der Waals surface area contributed by atoms with E-state index in [1.807, 2.05) is 13.8 Å². The quantitative estimate of drug-likeness (QED) is 0.489. The van der Waals surface area contributed by atoms with Gasteiger partial charge in [-0.2, -0.15) is 8.78 Å². The number of rotatable bonds is 7. The van der Waals surface area contributed by atoms with E-state index in [-0.39, 0.29) is 11.2 Å². The lowest BCUT2D eigenvalue weighted by Gasteiger charge is -2.21. The van der Waals surface area contributed by atoms with Gasteiger partial charge in [-0.1, -0.05) is 26.0 Å². The lowest BCUT2D eigenvalue weighted by Crippen LogP contribution is -2.22. The van der Waals surface area contributed by atoms with E-state index < -0.39 is 37.1 Å². The molecule has 1 aromatic carbocycles. The summed E-state index contributed by atoms with van der Waals surface area (Å²) < 4.78 is 55.9. The molecule has 0 saturated heterocycles. The van der Waals surface area contributed by atoms with Crippen molar-refractivity contribution in [2.24, 2.45) is 0 Å². The zero-order valence-corrected chi connectivity index (χ0v) is 19.4. The van der Waals surface area contributed by atoms with Crippen molar-refractivity contribution < 1.29 is 22.8 Å². The number of hydrogen-bond acceptors (Lipinski definition) is 6. The number of benzene rings is 1. The number of hydrogen-bond donors (Lipinski definition) is 2. The molecule has 2 heterocycles. The fraction of sp³-hybridized carbons (Fsp3) is 0.409. The van der Waals surface area contributed by atoms with Crippen molar-refractivity contribution in [1.82, 2.24) is 15.0 Å². The van der Waals surface area contributed by atoms with E-state index in [1.54, 1.807) is 26.6 Å². The lowest BCUT2D eigenvalue weighted by molar-refractivity contribution is -0.0583. The number of nitrogens with one attached hydrogen (secondary N) is 1. The average Bonchev–Trinajstić information content (AvgIpc) is 2.73. The molecule has 2 atom stereocenters. The number of nitrogens with zero attached hydrogens (tertiary/aromatic N) is 3. The summed E-state index contributed by atoms with van der Waals surface area (Å²) in [5.74, 6) is -4.00. The molecule has 0 aliphatic carbocycles. The third-order valence-electron chi connectivity index (χ3n) is 5.56. The summed E-state index contributed by atoms with van der Waals surface area (Å²) in [4.78, 5) is 13.1. The second-order valence-corrected chi connectivity index (χ2v) is 11.7. The van der Waals surface area contributed by atoms with Gasteiger partial charge in [-0.3, -0.25) is 4.98 Å². The number of anilines is 1. The monoisotopic (exact) mass is 466 g/mol. The topological polar surface area (TPSA) is 88.0 Å². The predicted molar refractivity (Wildman–Crippen MR) is 120 cm³/mol. The zero-order chi connectivity index (χ0) is 23.8. The highest BCUT2D eigenvalue weighted by atomic mass is 31.2. The summed E-state index contributed by atoms with van der Waals surface area (Å²) in [6, 6.07) is 4.59. The molecule has 6 nitrogen and oxygen atoms in total. The highest BCUT2D eigenvalue weighted by Gasteiger charge is 2.35. The Hall–Kier alpha value is -2.51. The van der Waals surface area contributed by atoms with Crippen LogP contribution in [0.15, 0.2) is 30.5 Å². The van der Waals surface area contributed by atoms with Crippen LogP contribution in [0, 0.1) is 12.7 Å². The van der Waals surface area contributed by atoms with Crippen LogP contribution < -0.4 is 10.8 Å². The van der Waals surface area contributed by atoms with Gasteiger partial charge in [0, 0.05) is 16.6 Å². The Kier molecular flexibility index (Phi) is 6.63. The van der Waals surface area contributed by atoms with Crippen molar-refractivity contribution >= 4 is 29.3 Å². The predicted octanol–water partition coefficient (Wildman–Crippen LogP) is 4.76. The SMILES string of the molecule is Cc1nc(NC(C)c2cccc(C(F)(F)CO)c2F)c2cc(P(C)(=O)C(C)C)ncc2n1. The number of aliphatic hydroxyl groups excluding tert-OH is 1. The fourth-order valence-electron chi connectivity index (χ4n) is 3.29. The molecule has 0 bridgehead atoms. The van der Waals surface area contributed by atoms with Crippen LogP contribution in [0.3, 0.4) is 0 Å². The minimum atomic E-state index is -3.70. The van der Waals surface area contributed by atoms with Crippen LogP contribution in [0.5, 0.6) is 0 Å². The van der Waals surface area contributed by atoms with Gasteiger partial charge in [0.1, 0.15) is 36.6 Å². The van der Waals surface area contributed by atoms with E-state index in [1.165, 1.54) is 18.3 Å². The molecule has 0 aliphatic rings. The minimum Gasteiger partial charge on any atom is -0.390 e. The summed E-state index contributed by atoms with van der Waals surface area (Å²) in [6.45, 7) is 7.19. The Morgan fingerprint density at radius 1 is 1.22 bits per heavy atom. The first-order chi connectivity index (χ1) is 14.9. The molecule has 3 aromatic rings. The summed E-state index contributed by atoms with van der Waals surface area (Å²) in [5.41, 5.74) is -0.0401. The number of halogens is 3. The fourth-order valence-corrected chi connectivity index (χ4v) is 4.49. The molecule has 32 heavy (non-hydrogen) atoms. The van der Waals surface area contributed by atoms with Gasteiger partial charge in [0.15, 0.2) is 0 Å². The first-order valence-corrected chi connectivity index (χ1v) is 12.4. The van der Waals surface area contributed by atoms with Gasteiger partial charge in [-0.15, -0.1) is 0 Å². The van der Waals surface area contributed by atoms with Crippen LogP contribution in [0.25, 0.3) is 10.9 Å². The Morgan fingerprint density at radius 2 is 1.91 bits per heavy atom. The van der Waals surface area contributed by atoms with Crippen LogP contribution in [0.2, 0.25) is 0 Å².